The van der Waals surface area contributed by atoms with Gasteiger partial charge in [-0.2, -0.15) is 0 Å². The minimum atomic E-state index is 0.0720. The first kappa shape index (κ1) is 17.1. The Morgan fingerprint density at radius 3 is 2.58 bits per heavy atom. The highest BCUT2D eigenvalue weighted by Crippen LogP contribution is 2.29. The zero-order chi connectivity index (χ0) is 17.1. The number of methoxy groups -OCH3 is 1. The topological polar surface area (TPSA) is 34.5 Å². The maximum atomic E-state index is 11.8. The number of hydrogen-bond acceptors (Lipinski definition) is 3. The molecule has 4 nitrogen and oxygen atoms in total. The maximum absolute atomic E-state index is 11.8. The number of hydrogen-bond donors (Lipinski definition) is 0. The third-order valence-corrected chi connectivity index (χ3v) is 5.11. The van der Waals surface area contributed by atoms with Crippen molar-refractivity contribution in [2.75, 3.05) is 20.2 Å². The van der Waals surface area contributed by atoms with Crippen molar-refractivity contribution < 1.29 is 4.74 Å². The Kier molecular flexibility index (Phi) is 5.27. The predicted octanol–water partition coefficient (Wildman–Crippen LogP) is 3.43. The molecule has 0 amide bonds. The van der Waals surface area contributed by atoms with Crippen LogP contribution in [0.15, 0.2) is 41.3 Å². The van der Waals surface area contributed by atoms with Gasteiger partial charge in [-0.3, -0.25) is 9.69 Å². The van der Waals surface area contributed by atoms with Crippen LogP contribution in [-0.2, 0) is 13.6 Å². The molecule has 5 heteroatoms. The second-order valence-electron chi connectivity index (χ2n) is 6.43. The first-order chi connectivity index (χ1) is 11.6. The fraction of sp³-hybridized carbons (Fsp3) is 0.421. The average Bonchev–Trinajstić information content (AvgIpc) is 2.58. The number of rotatable bonds is 4. The molecular weight excluding hydrogens is 324 g/mol. The van der Waals surface area contributed by atoms with Crippen molar-refractivity contribution in [3.8, 4) is 5.75 Å². The fourth-order valence-corrected chi connectivity index (χ4v) is 3.59. The van der Waals surface area contributed by atoms with Crippen molar-refractivity contribution in [3.63, 3.8) is 0 Å². The minimum absolute atomic E-state index is 0.0720. The van der Waals surface area contributed by atoms with E-state index in [1.54, 1.807) is 24.8 Å². The molecule has 1 saturated heterocycles. The van der Waals surface area contributed by atoms with Crippen LogP contribution in [-0.4, -0.2) is 29.7 Å². The molecule has 0 aliphatic carbocycles. The van der Waals surface area contributed by atoms with Crippen LogP contribution < -0.4 is 10.3 Å². The van der Waals surface area contributed by atoms with Gasteiger partial charge in [0.15, 0.2) is 0 Å². The van der Waals surface area contributed by atoms with Crippen LogP contribution in [0.1, 0.15) is 29.9 Å². The molecule has 2 aromatic rings. The second-order valence-corrected chi connectivity index (χ2v) is 6.84. The van der Waals surface area contributed by atoms with E-state index in [1.807, 2.05) is 18.3 Å². The van der Waals surface area contributed by atoms with Gasteiger partial charge >= 0.3 is 0 Å². The van der Waals surface area contributed by atoms with Gasteiger partial charge < -0.3 is 9.30 Å². The summed E-state index contributed by atoms with van der Waals surface area (Å²) < 4.78 is 6.82. The molecule has 24 heavy (non-hydrogen) atoms. The van der Waals surface area contributed by atoms with Crippen molar-refractivity contribution >= 4 is 11.6 Å². The molecule has 0 atom stereocenters. The SMILES string of the molecule is COc1ccc(CN2CCC(c3ccn(C)c(=O)c3)CC2)cc1Cl. The van der Waals surface area contributed by atoms with E-state index < -0.39 is 0 Å². The highest BCUT2D eigenvalue weighted by Gasteiger charge is 2.21. The van der Waals surface area contributed by atoms with E-state index in [0.29, 0.717) is 16.7 Å². The number of pyridine rings is 1. The Morgan fingerprint density at radius 1 is 1.21 bits per heavy atom. The van der Waals surface area contributed by atoms with Gasteiger partial charge in [-0.15, -0.1) is 0 Å². The molecule has 128 valence electrons. The Balaban J connectivity index is 1.59. The largest absolute Gasteiger partial charge is 0.495 e. The van der Waals surface area contributed by atoms with E-state index in [4.69, 9.17) is 16.3 Å². The summed E-state index contributed by atoms with van der Waals surface area (Å²) in [7, 11) is 3.41. The zero-order valence-corrected chi connectivity index (χ0v) is 14.9. The van der Waals surface area contributed by atoms with Gasteiger partial charge in [-0.05, 0) is 61.2 Å². The van der Waals surface area contributed by atoms with Gasteiger partial charge in [0.05, 0.1) is 12.1 Å². The van der Waals surface area contributed by atoms with Crippen LogP contribution in [0.3, 0.4) is 0 Å². The number of likely N-dealkylation sites (tertiary alicyclic amines) is 1. The van der Waals surface area contributed by atoms with Crippen molar-refractivity contribution in [1.29, 1.82) is 0 Å². The summed E-state index contributed by atoms with van der Waals surface area (Å²) in [6.07, 6.45) is 4.03. The van der Waals surface area contributed by atoms with Crippen LogP contribution in [0, 0.1) is 0 Å². The molecule has 0 spiro atoms. The third kappa shape index (κ3) is 3.82. The molecule has 0 bridgehead atoms. The molecule has 3 rings (SSSR count). The van der Waals surface area contributed by atoms with Gasteiger partial charge in [0.25, 0.3) is 5.56 Å². The summed E-state index contributed by atoms with van der Waals surface area (Å²) in [5.74, 6) is 1.19. The Labute approximate surface area is 147 Å². The van der Waals surface area contributed by atoms with E-state index in [9.17, 15) is 4.79 Å². The highest BCUT2D eigenvalue weighted by molar-refractivity contribution is 6.32. The molecule has 1 aliphatic rings. The van der Waals surface area contributed by atoms with Crippen LogP contribution in [0.4, 0.5) is 0 Å². The fourth-order valence-electron chi connectivity index (χ4n) is 3.31. The normalized spacial score (nSPS) is 16.3. The first-order valence-electron chi connectivity index (χ1n) is 8.28. The minimum Gasteiger partial charge on any atom is -0.495 e. The lowest BCUT2D eigenvalue weighted by Crippen LogP contribution is -2.32. The van der Waals surface area contributed by atoms with Crippen molar-refractivity contribution in [3.05, 3.63) is 63.0 Å². The Bertz CT molecular complexity index is 764. The van der Waals surface area contributed by atoms with Crippen LogP contribution in [0.2, 0.25) is 5.02 Å². The summed E-state index contributed by atoms with van der Waals surface area (Å²) in [4.78, 5) is 14.2. The molecule has 1 fully saturated rings. The van der Waals surface area contributed by atoms with E-state index in [-0.39, 0.29) is 5.56 Å². The van der Waals surface area contributed by atoms with E-state index >= 15 is 0 Å². The van der Waals surface area contributed by atoms with Gasteiger partial charge in [0.2, 0.25) is 0 Å². The average molecular weight is 347 g/mol. The molecule has 0 radical (unpaired) electrons. The van der Waals surface area contributed by atoms with Gasteiger partial charge in [-0.1, -0.05) is 17.7 Å². The molecule has 2 heterocycles. The zero-order valence-electron chi connectivity index (χ0n) is 14.2. The number of benzene rings is 1. The highest BCUT2D eigenvalue weighted by atomic mass is 35.5. The predicted molar refractivity (Wildman–Crippen MR) is 96.9 cm³/mol. The van der Waals surface area contributed by atoms with Crippen molar-refractivity contribution in [2.45, 2.75) is 25.3 Å². The van der Waals surface area contributed by atoms with E-state index in [2.05, 4.69) is 17.0 Å². The number of piperidine rings is 1. The number of ether oxygens (including phenoxy) is 1. The van der Waals surface area contributed by atoms with Crippen molar-refractivity contribution in [1.82, 2.24) is 9.47 Å². The molecule has 0 N–H and O–H groups in total. The Hall–Kier alpha value is -1.78. The first-order valence-corrected chi connectivity index (χ1v) is 8.66. The van der Waals surface area contributed by atoms with E-state index in [1.165, 1.54) is 11.1 Å². The molecule has 0 unspecified atom stereocenters. The maximum Gasteiger partial charge on any atom is 0.250 e. The standard InChI is InChI=1S/C19H23ClN2O2/c1-21-8-5-16(12-19(21)23)15-6-9-22(10-7-15)13-14-3-4-18(24-2)17(20)11-14/h3-5,8,11-12,15H,6-7,9-10,13H2,1-2H3. The number of nitrogens with zero attached hydrogens (tertiary/aromatic N) is 2. The lowest BCUT2D eigenvalue weighted by Gasteiger charge is -2.32. The number of aryl methyl sites for hydroxylation is 1. The van der Waals surface area contributed by atoms with Gasteiger partial charge in [0.1, 0.15) is 5.75 Å². The second kappa shape index (κ2) is 7.41. The smallest absolute Gasteiger partial charge is 0.250 e. The van der Waals surface area contributed by atoms with Gasteiger partial charge in [0, 0.05) is 25.9 Å². The monoisotopic (exact) mass is 346 g/mol. The molecule has 0 saturated carbocycles. The summed E-state index contributed by atoms with van der Waals surface area (Å²) in [5.41, 5.74) is 2.45. The summed E-state index contributed by atoms with van der Waals surface area (Å²) in [6, 6.07) is 9.82. The Morgan fingerprint density at radius 2 is 1.96 bits per heavy atom. The number of halogens is 1. The third-order valence-electron chi connectivity index (χ3n) is 4.81. The molecule has 1 aromatic heterocycles. The quantitative estimate of drug-likeness (QED) is 0.850. The molecule has 1 aromatic carbocycles. The number of aromatic nitrogens is 1. The lowest BCUT2D eigenvalue weighted by molar-refractivity contribution is 0.204. The molecule has 1 aliphatic heterocycles. The van der Waals surface area contributed by atoms with Crippen LogP contribution in [0.25, 0.3) is 0 Å². The molecular formula is C19H23ClN2O2. The van der Waals surface area contributed by atoms with E-state index in [0.717, 1.165) is 32.5 Å². The van der Waals surface area contributed by atoms with Crippen LogP contribution in [0.5, 0.6) is 5.75 Å². The van der Waals surface area contributed by atoms with Crippen LogP contribution >= 0.6 is 11.6 Å². The van der Waals surface area contributed by atoms with Crippen molar-refractivity contribution in [2.24, 2.45) is 7.05 Å². The van der Waals surface area contributed by atoms with Gasteiger partial charge in [-0.25, -0.2) is 0 Å². The summed E-state index contributed by atoms with van der Waals surface area (Å²) in [5, 5.41) is 0.657. The summed E-state index contributed by atoms with van der Waals surface area (Å²) >= 11 is 6.20. The lowest BCUT2D eigenvalue weighted by atomic mass is 9.90. The summed E-state index contributed by atoms with van der Waals surface area (Å²) in [6.45, 7) is 2.96.